The molecule has 0 spiro atoms. The van der Waals surface area contributed by atoms with Crippen LogP contribution in [0.15, 0.2) is 28.8 Å². The second kappa shape index (κ2) is 7.59. The third kappa shape index (κ3) is 4.90. The van der Waals surface area contributed by atoms with Crippen molar-refractivity contribution >= 4 is 12.2 Å². The summed E-state index contributed by atoms with van der Waals surface area (Å²) in [6.07, 6.45) is -0.787. The van der Waals surface area contributed by atoms with Crippen molar-refractivity contribution in [2.75, 3.05) is 6.61 Å². The van der Waals surface area contributed by atoms with Crippen LogP contribution in [0, 0.1) is 5.92 Å². The van der Waals surface area contributed by atoms with E-state index in [1.54, 1.807) is 6.08 Å². The first-order valence-corrected chi connectivity index (χ1v) is 7.34. The Balaban J connectivity index is 2.00. The average molecular weight is 341 g/mol. The number of hydrogen-bond donors (Lipinski definition) is 2. The van der Waals surface area contributed by atoms with E-state index in [4.69, 9.17) is 15.4 Å². The number of alkyl halides is 3. The van der Waals surface area contributed by atoms with Gasteiger partial charge in [-0.15, -0.1) is 0 Å². The molecule has 2 atom stereocenters. The Kier molecular flexibility index (Phi) is 5.74. The second-order valence-corrected chi connectivity index (χ2v) is 5.53. The first-order valence-electron chi connectivity index (χ1n) is 7.34. The van der Waals surface area contributed by atoms with Crippen molar-refractivity contribution in [2.24, 2.45) is 11.7 Å². The number of nitrogens with two attached hydrogens (primary N) is 1. The number of nitrogens with zero attached hydrogens (tertiary/aromatic N) is 2. The molecule has 0 saturated heterocycles. The monoisotopic (exact) mass is 341 g/mol. The highest BCUT2D eigenvalue weighted by Crippen LogP contribution is 2.29. The quantitative estimate of drug-likeness (QED) is 0.844. The van der Waals surface area contributed by atoms with E-state index in [0.29, 0.717) is 17.8 Å². The second-order valence-electron chi connectivity index (χ2n) is 5.53. The number of aromatic nitrogens is 2. The molecule has 1 heterocycles. The lowest BCUT2D eigenvalue weighted by Gasteiger charge is -2.14. The molecule has 0 fully saturated rings. The Morgan fingerprint density at radius 3 is 2.50 bits per heavy atom. The van der Waals surface area contributed by atoms with Crippen LogP contribution in [0.2, 0.25) is 0 Å². The fourth-order valence-corrected chi connectivity index (χ4v) is 1.99. The molecule has 24 heavy (non-hydrogen) atoms. The van der Waals surface area contributed by atoms with Crippen LogP contribution >= 0.6 is 0 Å². The van der Waals surface area contributed by atoms with Crippen LogP contribution in [-0.4, -0.2) is 27.9 Å². The molecule has 0 aliphatic heterocycles. The third-order valence-corrected chi connectivity index (χ3v) is 3.59. The fourth-order valence-electron chi connectivity index (χ4n) is 1.99. The fraction of sp³-hybridized carbons (Fsp3) is 0.375. The van der Waals surface area contributed by atoms with Crippen molar-refractivity contribution in [3.63, 3.8) is 0 Å². The largest absolute Gasteiger partial charge is 0.416 e. The normalized spacial score (nSPS) is 14.9. The molecule has 0 saturated carbocycles. The van der Waals surface area contributed by atoms with Crippen LogP contribution in [0.3, 0.4) is 0 Å². The Morgan fingerprint density at radius 2 is 1.92 bits per heavy atom. The molecule has 0 aliphatic rings. The zero-order valence-corrected chi connectivity index (χ0v) is 13.0. The van der Waals surface area contributed by atoms with Crippen LogP contribution in [0.4, 0.5) is 13.2 Å². The van der Waals surface area contributed by atoms with Crippen molar-refractivity contribution in [2.45, 2.75) is 25.6 Å². The number of rotatable bonds is 6. The van der Waals surface area contributed by atoms with E-state index in [1.807, 2.05) is 6.92 Å². The summed E-state index contributed by atoms with van der Waals surface area (Å²) in [6.45, 7) is 1.74. The summed E-state index contributed by atoms with van der Waals surface area (Å²) in [6, 6.07) is 4.38. The maximum atomic E-state index is 12.5. The van der Waals surface area contributed by atoms with Gasteiger partial charge in [0.2, 0.25) is 0 Å². The lowest BCUT2D eigenvalue weighted by atomic mass is 10.00. The summed E-state index contributed by atoms with van der Waals surface area (Å²) < 4.78 is 42.5. The summed E-state index contributed by atoms with van der Waals surface area (Å²) in [5.74, 6) is 0.687. The van der Waals surface area contributed by atoms with Gasteiger partial charge < -0.3 is 15.4 Å². The van der Waals surface area contributed by atoms with Crippen molar-refractivity contribution < 1.29 is 22.8 Å². The van der Waals surface area contributed by atoms with Gasteiger partial charge in [-0.1, -0.05) is 24.2 Å². The summed E-state index contributed by atoms with van der Waals surface area (Å²) in [5, 5.41) is 12.8. The highest BCUT2D eigenvalue weighted by Gasteiger charge is 2.29. The molecule has 0 radical (unpaired) electrons. The maximum Gasteiger partial charge on any atom is 0.416 e. The van der Waals surface area contributed by atoms with E-state index in [9.17, 15) is 13.2 Å². The third-order valence-electron chi connectivity index (χ3n) is 3.59. The molecule has 5 nitrogen and oxygen atoms in total. The number of aliphatic hydroxyl groups excluding tert-OH is 1. The lowest BCUT2D eigenvalue weighted by Crippen LogP contribution is -2.33. The van der Waals surface area contributed by atoms with Gasteiger partial charge in [0.25, 0.3) is 5.89 Å². The van der Waals surface area contributed by atoms with Gasteiger partial charge in [-0.3, -0.25) is 0 Å². The number of benzene rings is 1. The Bertz CT molecular complexity index is 681. The number of halogens is 3. The average Bonchev–Trinajstić information content (AvgIpc) is 2.99. The minimum absolute atomic E-state index is 0.0145. The predicted octanol–water partition coefficient (Wildman–Crippen LogP) is 2.76. The first-order chi connectivity index (χ1) is 11.3. The molecule has 130 valence electrons. The van der Waals surface area contributed by atoms with Crippen molar-refractivity contribution in [3.05, 3.63) is 47.1 Å². The molecule has 3 N–H and O–H groups in total. The molecule has 0 aliphatic carbocycles. The Labute approximate surface area is 137 Å². The van der Waals surface area contributed by atoms with Gasteiger partial charge in [0.15, 0.2) is 5.82 Å². The highest BCUT2D eigenvalue weighted by molar-refractivity contribution is 5.66. The topological polar surface area (TPSA) is 85.2 Å². The smallest absolute Gasteiger partial charge is 0.395 e. The molecule has 8 heteroatoms. The standard InChI is InChI=1S/C16H18F3N3O2/c1-10(13(20)9-23)8-14-21-15(24-22-14)7-4-11-2-5-12(6-3-11)16(17,18)19/h2-7,10,13,23H,8-9,20H2,1H3. The summed E-state index contributed by atoms with van der Waals surface area (Å²) in [7, 11) is 0. The highest BCUT2D eigenvalue weighted by atomic mass is 19.4. The molecule has 2 unspecified atom stereocenters. The van der Waals surface area contributed by atoms with Crippen LogP contribution in [0.5, 0.6) is 0 Å². The van der Waals surface area contributed by atoms with E-state index in [2.05, 4.69) is 10.1 Å². The molecule has 1 aromatic heterocycles. The van der Waals surface area contributed by atoms with Crippen LogP contribution in [-0.2, 0) is 12.6 Å². The molecular formula is C16H18F3N3O2. The first kappa shape index (κ1) is 18.2. The van der Waals surface area contributed by atoms with Crippen molar-refractivity contribution in [1.82, 2.24) is 10.1 Å². The predicted molar refractivity (Wildman–Crippen MR) is 82.6 cm³/mol. The molecule has 2 rings (SSSR count). The SMILES string of the molecule is CC(Cc1noc(C=Cc2ccc(C(F)(F)F)cc2)n1)C(N)CO. The lowest BCUT2D eigenvalue weighted by molar-refractivity contribution is -0.137. The van der Waals surface area contributed by atoms with Gasteiger partial charge in [-0.25, -0.2) is 0 Å². The Morgan fingerprint density at radius 1 is 1.25 bits per heavy atom. The van der Waals surface area contributed by atoms with Crippen LogP contribution in [0.25, 0.3) is 12.2 Å². The van der Waals surface area contributed by atoms with Crippen molar-refractivity contribution in [1.29, 1.82) is 0 Å². The maximum absolute atomic E-state index is 12.5. The zero-order valence-electron chi connectivity index (χ0n) is 13.0. The molecular weight excluding hydrogens is 323 g/mol. The molecule has 1 aromatic carbocycles. The van der Waals surface area contributed by atoms with Gasteiger partial charge >= 0.3 is 6.18 Å². The van der Waals surface area contributed by atoms with Gasteiger partial charge in [0.1, 0.15) is 0 Å². The van der Waals surface area contributed by atoms with Crippen molar-refractivity contribution in [3.8, 4) is 0 Å². The van der Waals surface area contributed by atoms with Gasteiger partial charge in [-0.2, -0.15) is 18.2 Å². The summed E-state index contributed by atoms with van der Waals surface area (Å²) in [4.78, 5) is 4.16. The minimum atomic E-state index is -4.35. The van der Waals surface area contributed by atoms with E-state index in [-0.39, 0.29) is 24.5 Å². The zero-order chi connectivity index (χ0) is 17.7. The van der Waals surface area contributed by atoms with Gasteiger partial charge in [0.05, 0.1) is 12.2 Å². The minimum Gasteiger partial charge on any atom is -0.395 e. The van der Waals surface area contributed by atoms with Crippen LogP contribution in [0.1, 0.15) is 29.8 Å². The van der Waals surface area contributed by atoms with E-state index < -0.39 is 11.7 Å². The molecule has 0 amide bonds. The van der Waals surface area contributed by atoms with E-state index in [0.717, 1.165) is 12.1 Å². The van der Waals surface area contributed by atoms with Gasteiger partial charge in [0, 0.05) is 18.5 Å². The summed E-state index contributed by atoms with van der Waals surface area (Å²) >= 11 is 0. The molecule has 2 aromatic rings. The number of hydrogen-bond acceptors (Lipinski definition) is 5. The van der Waals surface area contributed by atoms with Gasteiger partial charge in [-0.05, 0) is 29.7 Å². The number of aliphatic hydroxyl groups is 1. The Hall–Kier alpha value is -2.19. The van der Waals surface area contributed by atoms with E-state index in [1.165, 1.54) is 18.2 Å². The van der Waals surface area contributed by atoms with Crippen LogP contribution < -0.4 is 5.73 Å². The van der Waals surface area contributed by atoms with E-state index >= 15 is 0 Å². The molecule has 0 bridgehead atoms. The summed E-state index contributed by atoms with van der Waals surface area (Å²) in [5.41, 5.74) is 5.60.